The first-order valence-corrected chi connectivity index (χ1v) is 4.46. The third-order valence-electron chi connectivity index (χ3n) is 1.78. The zero-order valence-electron chi connectivity index (χ0n) is 9.21. The van der Waals surface area contributed by atoms with Crippen LogP contribution >= 0.6 is 0 Å². The minimum absolute atomic E-state index is 0.00657. The first-order chi connectivity index (χ1) is 8.08. The lowest BCUT2D eigenvalue weighted by atomic mass is 10.4. The van der Waals surface area contributed by atoms with Gasteiger partial charge in [0.15, 0.2) is 12.4 Å². The molecular weight excluding hydrogens is 232 g/mol. The molecule has 0 aromatic carbocycles. The van der Waals surface area contributed by atoms with Crippen LogP contribution in [0.15, 0.2) is 12.3 Å². The zero-order chi connectivity index (χ0) is 12.8. The van der Waals surface area contributed by atoms with E-state index in [0.29, 0.717) is 0 Å². The Balaban J connectivity index is 2.90. The second-order valence-electron chi connectivity index (χ2n) is 2.82. The smallest absolute Gasteiger partial charge is 0.343 e. The SMILES string of the molecule is COC(=O)COc1cc([N+](=O)[O-])cnc1OC. The number of nitro groups is 1. The largest absolute Gasteiger partial charge is 0.478 e. The monoisotopic (exact) mass is 242 g/mol. The number of ether oxygens (including phenoxy) is 3. The van der Waals surface area contributed by atoms with Gasteiger partial charge >= 0.3 is 5.97 Å². The molecule has 0 atom stereocenters. The Labute approximate surface area is 96.3 Å². The minimum Gasteiger partial charge on any atom is -0.478 e. The molecule has 1 heterocycles. The summed E-state index contributed by atoms with van der Waals surface area (Å²) >= 11 is 0. The lowest BCUT2D eigenvalue weighted by Crippen LogP contribution is -2.13. The number of hydrogen-bond acceptors (Lipinski definition) is 7. The number of hydrogen-bond donors (Lipinski definition) is 0. The molecule has 92 valence electrons. The number of nitrogens with zero attached hydrogens (tertiary/aromatic N) is 2. The average molecular weight is 242 g/mol. The fourth-order valence-corrected chi connectivity index (χ4v) is 0.974. The predicted molar refractivity (Wildman–Crippen MR) is 55.0 cm³/mol. The highest BCUT2D eigenvalue weighted by Crippen LogP contribution is 2.28. The van der Waals surface area contributed by atoms with Crippen LogP contribution in [0.1, 0.15) is 0 Å². The Kier molecular flexibility index (Phi) is 4.21. The third-order valence-corrected chi connectivity index (χ3v) is 1.78. The topological polar surface area (TPSA) is 101 Å². The number of pyridine rings is 1. The van der Waals surface area contributed by atoms with Gasteiger partial charge in [0.2, 0.25) is 0 Å². The van der Waals surface area contributed by atoms with E-state index in [1.165, 1.54) is 14.2 Å². The van der Waals surface area contributed by atoms with E-state index in [2.05, 4.69) is 9.72 Å². The Bertz CT molecular complexity index is 433. The van der Waals surface area contributed by atoms with Crippen molar-refractivity contribution in [1.29, 1.82) is 0 Å². The highest BCUT2D eigenvalue weighted by molar-refractivity contribution is 5.71. The number of aromatic nitrogens is 1. The number of esters is 1. The number of methoxy groups -OCH3 is 2. The summed E-state index contributed by atoms with van der Waals surface area (Å²) in [4.78, 5) is 24.4. The van der Waals surface area contributed by atoms with Gasteiger partial charge in [-0.15, -0.1) is 0 Å². The Morgan fingerprint density at radius 3 is 2.76 bits per heavy atom. The molecule has 0 unspecified atom stereocenters. The maximum Gasteiger partial charge on any atom is 0.343 e. The Morgan fingerprint density at radius 2 is 2.24 bits per heavy atom. The molecule has 8 heteroatoms. The van der Waals surface area contributed by atoms with E-state index >= 15 is 0 Å². The lowest BCUT2D eigenvalue weighted by Gasteiger charge is -2.07. The van der Waals surface area contributed by atoms with Crippen LogP contribution in [0.5, 0.6) is 11.6 Å². The van der Waals surface area contributed by atoms with Crippen molar-refractivity contribution in [3.8, 4) is 11.6 Å². The Morgan fingerprint density at radius 1 is 1.53 bits per heavy atom. The van der Waals surface area contributed by atoms with Crippen LogP contribution < -0.4 is 9.47 Å². The van der Waals surface area contributed by atoms with Gasteiger partial charge in [0, 0.05) is 0 Å². The van der Waals surface area contributed by atoms with E-state index < -0.39 is 10.9 Å². The normalized spacial score (nSPS) is 9.53. The highest BCUT2D eigenvalue weighted by Gasteiger charge is 2.15. The van der Waals surface area contributed by atoms with Crippen molar-refractivity contribution in [3.63, 3.8) is 0 Å². The molecule has 0 saturated heterocycles. The first-order valence-electron chi connectivity index (χ1n) is 4.46. The fourth-order valence-electron chi connectivity index (χ4n) is 0.974. The quantitative estimate of drug-likeness (QED) is 0.422. The molecule has 1 aromatic heterocycles. The average Bonchev–Trinajstić information content (AvgIpc) is 2.35. The maximum absolute atomic E-state index is 10.9. The molecule has 8 nitrogen and oxygen atoms in total. The molecule has 0 radical (unpaired) electrons. The molecule has 1 rings (SSSR count). The molecule has 0 N–H and O–H groups in total. The molecule has 0 bridgehead atoms. The van der Waals surface area contributed by atoms with Gasteiger partial charge in [0.25, 0.3) is 11.6 Å². The third kappa shape index (κ3) is 3.30. The maximum atomic E-state index is 10.9. The standard InChI is InChI=1S/C9H10N2O6/c1-15-8(12)5-17-7-3-6(11(13)14)4-10-9(7)16-2/h3-4H,5H2,1-2H3. The van der Waals surface area contributed by atoms with Crippen molar-refractivity contribution in [2.24, 2.45) is 0 Å². The van der Waals surface area contributed by atoms with Crippen LogP contribution in [0.3, 0.4) is 0 Å². The van der Waals surface area contributed by atoms with Gasteiger partial charge in [-0.1, -0.05) is 0 Å². The zero-order valence-corrected chi connectivity index (χ0v) is 9.21. The van der Waals surface area contributed by atoms with Crippen LogP contribution in [0.2, 0.25) is 0 Å². The van der Waals surface area contributed by atoms with E-state index in [-0.39, 0.29) is 23.9 Å². The highest BCUT2D eigenvalue weighted by atomic mass is 16.6. The van der Waals surface area contributed by atoms with E-state index in [1.807, 2.05) is 0 Å². The molecule has 1 aromatic rings. The molecule has 0 aliphatic carbocycles. The molecule has 0 amide bonds. The fraction of sp³-hybridized carbons (Fsp3) is 0.333. The van der Waals surface area contributed by atoms with E-state index in [0.717, 1.165) is 12.3 Å². The first kappa shape index (κ1) is 12.7. The van der Waals surface area contributed by atoms with Crippen LogP contribution in [-0.4, -0.2) is 36.7 Å². The second kappa shape index (κ2) is 5.64. The van der Waals surface area contributed by atoms with E-state index in [1.54, 1.807) is 0 Å². The van der Waals surface area contributed by atoms with Crippen LogP contribution in [0, 0.1) is 10.1 Å². The molecule has 0 aliphatic heterocycles. The number of carbonyl (C=O) groups excluding carboxylic acids is 1. The van der Waals surface area contributed by atoms with Crippen molar-refractivity contribution in [1.82, 2.24) is 4.98 Å². The van der Waals surface area contributed by atoms with Crippen molar-refractivity contribution >= 4 is 11.7 Å². The Hall–Kier alpha value is -2.38. The molecule has 0 aliphatic rings. The van der Waals surface area contributed by atoms with Gasteiger partial charge < -0.3 is 14.2 Å². The summed E-state index contributed by atoms with van der Waals surface area (Å²) in [5.41, 5.74) is -0.259. The molecular formula is C9H10N2O6. The summed E-state index contributed by atoms with van der Waals surface area (Å²) in [6.07, 6.45) is 1.03. The van der Waals surface area contributed by atoms with Gasteiger partial charge in [0.1, 0.15) is 6.20 Å². The predicted octanol–water partition coefficient (Wildman–Crippen LogP) is 0.550. The molecule has 0 fully saturated rings. The number of rotatable bonds is 5. The molecule has 17 heavy (non-hydrogen) atoms. The van der Waals surface area contributed by atoms with Crippen LogP contribution in [0.25, 0.3) is 0 Å². The number of carbonyl (C=O) groups is 1. The van der Waals surface area contributed by atoms with Crippen LogP contribution in [0.4, 0.5) is 5.69 Å². The van der Waals surface area contributed by atoms with Crippen molar-refractivity contribution in [2.45, 2.75) is 0 Å². The van der Waals surface area contributed by atoms with Crippen LogP contribution in [-0.2, 0) is 9.53 Å². The molecule has 0 spiro atoms. The van der Waals surface area contributed by atoms with Gasteiger partial charge in [-0.3, -0.25) is 10.1 Å². The second-order valence-corrected chi connectivity index (χ2v) is 2.82. The lowest BCUT2D eigenvalue weighted by molar-refractivity contribution is -0.385. The minimum atomic E-state index is -0.628. The van der Waals surface area contributed by atoms with Gasteiger partial charge in [0.05, 0.1) is 25.2 Å². The van der Waals surface area contributed by atoms with Crippen molar-refractivity contribution < 1.29 is 23.9 Å². The summed E-state index contributed by atoms with van der Waals surface area (Å²) in [5, 5.41) is 10.5. The van der Waals surface area contributed by atoms with E-state index in [9.17, 15) is 14.9 Å². The summed E-state index contributed by atoms with van der Waals surface area (Å²) in [6, 6.07) is 1.12. The summed E-state index contributed by atoms with van der Waals surface area (Å²) in [5.74, 6) is -0.551. The van der Waals surface area contributed by atoms with Crippen molar-refractivity contribution in [2.75, 3.05) is 20.8 Å². The summed E-state index contributed by atoms with van der Waals surface area (Å²) in [7, 11) is 2.54. The van der Waals surface area contributed by atoms with E-state index in [4.69, 9.17) is 9.47 Å². The van der Waals surface area contributed by atoms with Gasteiger partial charge in [-0.2, -0.15) is 0 Å². The van der Waals surface area contributed by atoms with Gasteiger partial charge in [-0.05, 0) is 0 Å². The van der Waals surface area contributed by atoms with Crippen molar-refractivity contribution in [3.05, 3.63) is 22.4 Å². The summed E-state index contributed by atoms with van der Waals surface area (Å²) in [6.45, 7) is -0.379. The van der Waals surface area contributed by atoms with Gasteiger partial charge in [-0.25, -0.2) is 9.78 Å². The molecule has 0 saturated carbocycles. The summed E-state index contributed by atoms with van der Waals surface area (Å²) < 4.78 is 14.2.